The standard InChI is InChI=1S/C15H29N3O2/c1-4-10-17-14(20)15(8-6-5-7-9-15)18-13(19)12(2)11-16-3/h12,16H,4-11H2,1-3H3,(H,17,20)(H,18,19). The fraction of sp³-hybridized carbons (Fsp3) is 0.867. The van der Waals surface area contributed by atoms with E-state index >= 15 is 0 Å². The third-order valence-electron chi connectivity index (χ3n) is 4.00. The Morgan fingerprint density at radius 1 is 1.20 bits per heavy atom. The molecule has 3 N–H and O–H groups in total. The molecule has 0 radical (unpaired) electrons. The second kappa shape index (κ2) is 8.25. The van der Waals surface area contributed by atoms with Crippen molar-refractivity contribution in [1.29, 1.82) is 0 Å². The fourth-order valence-corrected chi connectivity index (χ4v) is 2.73. The van der Waals surface area contributed by atoms with Crippen molar-refractivity contribution in [3.05, 3.63) is 0 Å². The highest BCUT2D eigenvalue weighted by Gasteiger charge is 2.41. The van der Waals surface area contributed by atoms with Gasteiger partial charge in [0, 0.05) is 19.0 Å². The molecule has 1 rings (SSSR count). The Bertz CT molecular complexity index is 325. The van der Waals surface area contributed by atoms with Crippen molar-refractivity contribution in [3.8, 4) is 0 Å². The van der Waals surface area contributed by atoms with Crippen LogP contribution in [0.15, 0.2) is 0 Å². The summed E-state index contributed by atoms with van der Waals surface area (Å²) in [4.78, 5) is 24.7. The van der Waals surface area contributed by atoms with Crippen LogP contribution in [0.5, 0.6) is 0 Å². The van der Waals surface area contributed by atoms with Crippen molar-refractivity contribution in [3.63, 3.8) is 0 Å². The zero-order chi connectivity index (χ0) is 15.0. The van der Waals surface area contributed by atoms with Gasteiger partial charge in [-0.15, -0.1) is 0 Å². The summed E-state index contributed by atoms with van der Waals surface area (Å²) in [5, 5.41) is 8.98. The van der Waals surface area contributed by atoms with E-state index in [9.17, 15) is 9.59 Å². The largest absolute Gasteiger partial charge is 0.354 e. The van der Waals surface area contributed by atoms with E-state index < -0.39 is 5.54 Å². The molecule has 0 saturated heterocycles. The topological polar surface area (TPSA) is 70.2 Å². The minimum Gasteiger partial charge on any atom is -0.354 e. The molecule has 0 spiro atoms. The monoisotopic (exact) mass is 283 g/mol. The van der Waals surface area contributed by atoms with Gasteiger partial charge in [-0.05, 0) is 26.3 Å². The minimum absolute atomic E-state index is 0.0101. The van der Waals surface area contributed by atoms with Crippen molar-refractivity contribution in [2.75, 3.05) is 20.1 Å². The summed E-state index contributed by atoms with van der Waals surface area (Å²) in [6, 6.07) is 0. The summed E-state index contributed by atoms with van der Waals surface area (Å²) in [6.45, 7) is 5.20. The first-order valence-electron chi connectivity index (χ1n) is 7.80. The lowest BCUT2D eigenvalue weighted by Crippen LogP contribution is -2.61. The normalized spacial score (nSPS) is 19.1. The molecular weight excluding hydrogens is 254 g/mol. The zero-order valence-corrected chi connectivity index (χ0v) is 13.1. The Morgan fingerprint density at radius 2 is 1.85 bits per heavy atom. The Hall–Kier alpha value is -1.10. The Labute approximate surface area is 122 Å². The van der Waals surface area contributed by atoms with Crippen molar-refractivity contribution >= 4 is 11.8 Å². The van der Waals surface area contributed by atoms with E-state index in [0.717, 1.165) is 38.5 Å². The van der Waals surface area contributed by atoms with Crippen LogP contribution in [0.1, 0.15) is 52.4 Å². The Morgan fingerprint density at radius 3 is 2.40 bits per heavy atom. The van der Waals surface area contributed by atoms with Gasteiger partial charge < -0.3 is 16.0 Å². The molecular formula is C15H29N3O2. The van der Waals surface area contributed by atoms with Crippen LogP contribution in [0.2, 0.25) is 0 Å². The smallest absolute Gasteiger partial charge is 0.245 e. The lowest BCUT2D eigenvalue weighted by molar-refractivity contribution is -0.136. The summed E-state index contributed by atoms with van der Waals surface area (Å²) >= 11 is 0. The van der Waals surface area contributed by atoms with Gasteiger partial charge in [0.15, 0.2) is 0 Å². The Balaban J connectivity index is 2.72. The van der Waals surface area contributed by atoms with Crippen molar-refractivity contribution < 1.29 is 9.59 Å². The average molecular weight is 283 g/mol. The highest BCUT2D eigenvalue weighted by atomic mass is 16.2. The molecule has 0 aromatic rings. The summed E-state index contributed by atoms with van der Waals surface area (Å²) < 4.78 is 0. The molecule has 1 fully saturated rings. The number of hydrogen-bond acceptors (Lipinski definition) is 3. The van der Waals surface area contributed by atoms with Gasteiger partial charge in [-0.2, -0.15) is 0 Å². The molecule has 0 aliphatic heterocycles. The first kappa shape index (κ1) is 17.0. The summed E-state index contributed by atoms with van der Waals surface area (Å²) in [5.74, 6) is -0.172. The van der Waals surface area contributed by atoms with Crippen LogP contribution in [0.25, 0.3) is 0 Å². The summed E-state index contributed by atoms with van der Waals surface area (Å²) in [6.07, 6.45) is 5.55. The molecule has 5 nitrogen and oxygen atoms in total. The predicted molar refractivity (Wildman–Crippen MR) is 80.4 cm³/mol. The van der Waals surface area contributed by atoms with Crippen LogP contribution in [-0.2, 0) is 9.59 Å². The van der Waals surface area contributed by atoms with Gasteiger partial charge in [-0.25, -0.2) is 0 Å². The average Bonchev–Trinajstić information content (AvgIpc) is 2.45. The molecule has 0 bridgehead atoms. The quantitative estimate of drug-likeness (QED) is 0.657. The highest BCUT2D eigenvalue weighted by Crippen LogP contribution is 2.28. The molecule has 20 heavy (non-hydrogen) atoms. The van der Waals surface area contributed by atoms with Crippen LogP contribution in [0, 0.1) is 5.92 Å². The van der Waals surface area contributed by atoms with Gasteiger partial charge in [0.1, 0.15) is 5.54 Å². The second-order valence-electron chi connectivity index (χ2n) is 5.85. The third-order valence-corrected chi connectivity index (χ3v) is 4.00. The van der Waals surface area contributed by atoms with Crippen LogP contribution in [0.3, 0.4) is 0 Å². The fourth-order valence-electron chi connectivity index (χ4n) is 2.73. The molecule has 0 heterocycles. The maximum absolute atomic E-state index is 12.5. The molecule has 2 amide bonds. The molecule has 0 aromatic carbocycles. The van der Waals surface area contributed by atoms with Crippen molar-refractivity contribution in [1.82, 2.24) is 16.0 Å². The maximum Gasteiger partial charge on any atom is 0.245 e. The maximum atomic E-state index is 12.5. The highest BCUT2D eigenvalue weighted by molar-refractivity contribution is 5.92. The molecule has 1 atom stereocenters. The molecule has 5 heteroatoms. The zero-order valence-electron chi connectivity index (χ0n) is 13.1. The molecule has 0 aromatic heterocycles. The van der Waals surface area contributed by atoms with E-state index in [1.54, 1.807) is 0 Å². The van der Waals surface area contributed by atoms with E-state index in [-0.39, 0.29) is 17.7 Å². The minimum atomic E-state index is -0.688. The van der Waals surface area contributed by atoms with Crippen LogP contribution < -0.4 is 16.0 Å². The van der Waals surface area contributed by atoms with Gasteiger partial charge in [0.25, 0.3) is 0 Å². The number of hydrogen-bond donors (Lipinski definition) is 3. The van der Waals surface area contributed by atoms with E-state index in [0.29, 0.717) is 13.1 Å². The van der Waals surface area contributed by atoms with Gasteiger partial charge >= 0.3 is 0 Å². The molecule has 1 unspecified atom stereocenters. The van der Waals surface area contributed by atoms with Crippen LogP contribution >= 0.6 is 0 Å². The number of rotatable bonds is 7. The number of amides is 2. The van der Waals surface area contributed by atoms with E-state index in [4.69, 9.17) is 0 Å². The number of nitrogens with one attached hydrogen (secondary N) is 3. The first-order valence-corrected chi connectivity index (χ1v) is 7.80. The third kappa shape index (κ3) is 4.47. The van der Waals surface area contributed by atoms with E-state index in [1.165, 1.54) is 0 Å². The lowest BCUT2D eigenvalue weighted by Gasteiger charge is -2.37. The van der Waals surface area contributed by atoms with Crippen molar-refractivity contribution in [2.24, 2.45) is 5.92 Å². The molecule has 116 valence electrons. The lowest BCUT2D eigenvalue weighted by atomic mass is 9.80. The van der Waals surface area contributed by atoms with Gasteiger partial charge in [-0.1, -0.05) is 33.1 Å². The van der Waals surface area contributed by atoms with Crippen molar-refractivity contribution in [2.45, 2.75) is 57.9 Å². The van der Waals surface area contributed by atoms with Gasteiger partial charge in [0.05, 0.1) is 0 Å². The molecule has 1 saturated carbocycles. The summed E-state index contributed by atoms with van der Waals surface area (Å²) in [5.41, 5.74) is -0.688. The van der Waals surface area contributed by atoms with E-state index in [2.05, 4.69) is 16.0 Å². The van der Waals surface area contributed by atoms with Crippen LogP contribution in [0.4, 0.5) is 0 Å². The van der Waals surface area contributed by atoms with Gasteiger partial charge in [0.2, 0.25) is 11.8 Å². The number of carbonyl (C=O) groups is 2. The number of carbonyl (C=O) groups excluding carboxylic acids is 2. The Kier molecular flexibility index (Phi) is 6.99. The van der Waals surface area contributed by atoms with Gasteiger partial charge in [-0.3, -0.25) is 9.59 Å². The molecule has 1 aliphatic rings. The SMILES string of the molecule is CCCNC(=O)C1(NC(=O)C(C)CNC)CCCCC1. The van der Waals surface area contributed by atoms with E-state index in [1.807, 2.05) is 20.9 Å². The second-order valence-corrected chi connectivity index (χ2v) is 5.85. The first-order chi connectivity index (χ1) is 9.55. The van der Waals surface area contributed by atoms with Crippen LogP contribution in [-0.4, -0.2) is 37.5 Å². The predicted octanol–water partition coefficient (Wildman–Crippen LogP) is 1.19. The molecule has 1 aliphatic carbocycles. The summed E-state index contributed by atoms with van der Waals surface area (Å²) in [7, 11) is 1.83.